The predicted molar refractivity (Wildman–Crippen MR) is 125 cm³/mol. The molecule has 0 aromatic heterocycles. The molecule has 2 fully saturated rings. The number of amides is 2. The average molecular weight is 502 g/mol. The molecule has 0 spiro atoms. The lowest BCUT2D eigenvalue weighted by atomic mass is 9.70. The van der Waals surface area contributed by atoms with Crippen LogP contribution >= 0.6 is 0 Å². The van der Waals surface area contributed by atoms with Gasteiger partial charge in [-0.1, -0.05) is 26.0 Å². The zero-order valence-corrected chi connectivity index (χ0v) is 20.6. The fourth-order valence-corrected chi connectivity index (χ4v) is 7.72. The average Bonchev–Trinajstić information content (AvgIpc) is 3.15. The van der Waals surface area contributed by atoms with E-state index in [-0.39, 0.29) is 29.4 Å². The zero-order chi connectivity index (χ0) is 25.2. The number of carbonyl (C=O) groups is 3. The monoisotopic (exact) mass is 501 g/mol. The van der Waals surface area contributed by atoms with Crippen LogP contribution in [0.1, 0.15) is 53.8 Å². The molecule has 186 valence electrons. The minimum absolute atomic E-state index is 0.0988. The van der Waals surface area contributed by atoms with Crippen molar-refractivity contribution in [3.63, 3.8) is 0 Å². The highest BCUT2D eigenvalue weighted by Crippen LogP contribution is 2.64. The summed E-state index contributed by atoms with van der Waals surface area (Å²) < 4.78 is 42.2. The van der Waals surface area contributed by atoms with E-state index in [1.165, 1.54) is 12.1 Å². The first-order valence-electron chi connectivity index (χ1n) is 11.5. The largest absolute Gasteiger partial charge is 0.491 e. The van der Waals surface area contributed by atoms with Gasteiger partial charge >= 0.3 is 0 Å². The van der Waals surface area contributed by atoms with Gasteiger partial charge in [0.2, 0.25) is 0 Å². The maximum atomic E-state index is 13.2. The number of benzene rings is 2. The van der Waals surface area contributed by atoms with E-state index in [0.29, 0.717) is 41.0 Å². The van der Waals surface area contributed by atoms with E-state index < -0.39 is 38.5 Å². The Morgan fingerprint density at radius 2 is 1.74 bits per heavy atom. The number of Topliss-reactive ketones (excluding diaryl/α,β-unsaturated/α-hetero) is 1. The van der Waals surface area contributed by atoms with Crippen molar-refractivity contribution in [2.45, 2.75) is 33.1 Å². The lowest BCUT2D eigenvalue weighted by molar-refractivity contribution is -0.128. The number of hydrogen-bond donors (Lipinski definition) is 0. The third-order valence-corrected chi connectivity index (χ3v) is 9.35. The molecule has 5 rings (SSSR count). The number of ether oxygens (including phenoxy) is 2. The summed E-state index contributed by atoms with van der Waals surface area (Å²) in [7, 11) is -2.90. The van der Waals surface area contributed by atoms with Gasteiger partial charge in [-0.05, 0) is 42.4 Å². The molecule has 2 atom stereocenters. The van der Waals surface area contributed by atoms with Crippen LogP contribution in [0.15, 0.2) is 30.3 Å². The van der Waals surface area contributed by atoms with E-state index in [1.807, 2.05) is 13.8 Å². The number of ketones is 1. The van der Waals surface area contributed by atoms with E-state index in [4.69, 9.17) is 13.8 Å². The van der Waals surface area contributed by atoms with E-state index in [2.05, 4.69) is 0 Å². The summed E-state index contributed by atoms with van der Waals surface area (Å²) >= 11 is 0. The lowest BCUT2D eigenvalue weighted by Crippen LogP contribution is -2.46. The fraction of sp³-hybridized carbons (Fsp3) is 0.480. The maximum Gasteiger partial charge on any atom is 0.289 e. The first-order valence-corrected chi connectivity index (χ1v) is 13.1. The minimum Gasteiger partial charge on any atom is -0.491 e. The van der Waals surface area contributed by atoms with Crippen molar-refractivity contribution < 1.29 is 36.6 Å². The summed E-state index contributed by atoms with van der Waals surface area (Å²) in [6.45, 7) is 4.46. The molecule has 2 aromatic rings. The number of hydrogen-bond acceptors (Lipinski definition) is 8. The molecule has 1 heterocycles. The molecule has 3 aliphatic rings. The summed E-state index contributed by atoms with van der Waals surface area (Å²) in [4.78, 5) is 39.3. The molecule has 0 radical (unpaired) electrons. The summed E-state index contributed by atoms with van der Waals surface area (Å²) in [6, 6.07) is 7.93. The third kappa shape index (κ3) is 3.49. The van der Waals surface area contributed by atoms with Crippen LogP contribution in [-0.4, -0.2) is 57.2 Å². The van der Waals surface area contributed by atoms with Gasteiger partial charge in [0.05, 0.1) is 28.9 Å². The van der Waals surface area contributed by atoms with Gasteiger partial charge in [-0.25, -0.2) is 0 Å². The molecule has 0 N–H and O–H groups in total. The first-order chi connectivity index (χ1) is 16.5. The Kier molecular flexibility index (Phi) is 5.54. The van der Waals surface area contributed by atoms with Gasteiger partial charge < -0.3 is 9.47 Å². The second-order valence-corrected chi connectivity index (χ2v) is 11.6. The molecular formula is C25H27NO8S. The topological polar surface area (TPSA) is 116 Å². The molecule has 9 nitrogen and oxygen atoms in total. The van der Waals surface area contributed by atoms with Crippen LogP contribution in [0.3, 0.4) is 0 Å². The van der Waals surface area contributed by atoms with Crippen LogP contribution < -0.4 is 4.74 Å². The SMILES string of the molecule is COCCOc1ccc2c3c(cccc13)C(=O)N(OS(=O)(=O)CC13CCC(CC1=O)C3(C)C)C2=O. The van der Waals surface area contributed by atoms with E-state index in [9.17, 15) is 22.8 Å². The zero-order valence-electron chi connectivity index (χ0n) is 19.8. The van der Waals surface area contributed by atoms with Crippen LogP contribution in [0.25, 0.3) is 10.8 Å². The lowest BCUT2D eigenvalue weighted by Gasteiger charge is -2.36. The van der Waals surface area contributed by atoms with Crippen molar-refractivity contribution in [2.24, 2.45) is 16.7 Å². The van der Waals surface area contributed by atoms with Crippen LogP contribution in [-0.2, 0) is 23.9 Å². The van der Waals surface area contributed by atoms with Crippen molar-refractivity contribution in [1.29, 1.82) is 0 Å². The smallest absolute Gasteiger partial charge is 0.289 e. The molecule has 0 saturated heterocycles. The Bertz CT molecular complexity index is 1340. The Labute approximate surface area is 203 Å². The molecule has 1 aliphatic heterocycles. The van der Waals surface area contributed by atoms with E-state index >= 15 is 0 Å². The van der Waals surface area contributed by atoms with Crippen LogP contribution in [0.4, 0.5) is 0 Å². The number of carbonyl (C=O) groups excluding carboxylic acids is 3. The quantitative estimate of drug-likeness (QED) is 0.400. The number of methoxy groups -OCH3 is 1. The highest BCUT2D eigenvalue weighted by Gasteiger charge is 2.65. The Morgan fingerprint density at radius 1 is 1.03 bits per heavy atom. The van der Waals surface area contributed by atoms with Crippen molar-refractivity contribution >= 4 is 38.5 Å². The molecule has 35 heavy (non-hydrogen) atoms. The summed E-state index contributed by atoms with van der Waals surface area (Å²) in [5.74, 6) is -1.84. The van der Waals surface area contributed by atoms with Crippen molar-refractivity contribution in [2.75, 3.05) is 26.1 Å². The molecular weight excluding hydrogens is 474 g/mol. The molecule has 2 saturated carbocycles. The van der Waals surface area contributed by atoms with Gasteiger partial charge in [0, 0.05) is 24.3 Å². The molecule has 2 unspecified atom stereocenters. The molecule has 2 aliphatic carbocycles. The summed E-state index contributed by atoms with van der Waals surface area (Å²) in [5, 5.41) is 1.22. The first kappa shape index (κ1) is 23.9. The maximum absolute atomic E-state index is 13.2. The summed E-state index contributed by atoms with van der Waals surface area (Å²) in [5.41, 5.74) is -1.33. The van der Waals surface area contributed by atoms with Gasteiger partial charge in [-0.2, -0.15) is 8.42 Å². The number of hydroxylamine groups is 2. The standard InChI is InChI=1S/C25H27NO8S/c1-24(2)15-9-10-25(24,20(27)13-15)14-35(30,31)34-26-22(28)17-6-4-5-16-19(33-12-11-32-3)8-7-18(21(16)17)23(26)29/h4-8,15H,9-14H2,1-3H3. The van der Waals surface area contributed by atoms with Gasteiger partial charge in [0.15, 0.2) is 0 Å². The molecule has 10 heteroatoms. The number of imide groups is 1. The van der Waals surface area contributed by atoms with Gasteiger partial charge in [-0.15, -0.1) is 9.35 Å². The van der Waals surface area contributed by atoms with Crippen molar-refractivity contribution in [3.05, 3.63) is 41.5 Å². The molecule has 2 amide bonds. The fourth-order valence-electron chi connectivity index (χ4n) is 6.03. The predicted octanol–water partition coefficient (Wildman–Crippen LogP) is 3.12. The summed E-state index contributed by atoms with van der Waals surface area (Å²) in [6.07, 6.45) is 1.55. The Balaban J connectivity index is 1.46. The number of nitrogens with zero attached hydrogens (tertiary/aromatic N) is 1. The number of rotatable bonds is 8. The molecule has 2 aromatic carbocycles. The van der Waals surface area contributed by atoms with Crippen molar-refractivity contribution in [1.82, 2.24) is 5.06 Å². The van der Waals surface area contributed by atoms with Gasteiger partial charge in [0.25, 0.3) is 21.9 Å². The van der Waals surface area contributed by atoms with Gasteiger partial charge in [0.1, 0.15) is 18.1 Å². The van der Waals surface area contributed by atoms with Crippen LogP contribution in [0.5, 0.6) is 5.75 Å². The van der Waals surface area contributed by atoms with Gasteiger partial charge in [-0.3, -0.25) is 14.4 Å². The second kappa shape index (κ2) is 8.11. The Hall–Kier alpha value is -2.82. The Morgan fingerprint density at radius 3 is 2.37 bits per heavy atom. The second-order valence-electron chi connectivity index (χ2n) is 10.0. The highest BCUT2D eigenvalue weighted by atomic mass is 32.2. The number of fused-ring (bicyclic) bond motifs is 2. The normalized spacial score (nSPS) is 25.1. The third-order valence-electron chi connectivity index (χ3n) is 8.13. The van der Waals surface area contributed by atoms with Crippen molar-refractivity contribution in [3.8, 4) is 5.75 Å². The minimum atomic E-state index is -4.45. The highest BCUT2D eigenvalue weighted by molar-refractivity contribution is 7.86. The molecule has 2 bridgehead atoms. The van der Waals surface area contributed by atoms with E-state index in [1.54, 1.807) is 25.3 Å². The van der Waals surface area contributed by atoms with Crippen LogP contribution in [0.2, 0.25) is 0 Å². The van der Waals surface area contributed by atoms with E-state index in [0.717, 1.165) is 6.42 Å². The van der Waals surface area contributed by atoms with Crippen LogP contribution in [0, 0.1) is 16.7 Å².